The summed E-state index contributed by atoms with van der Waals surface area (Å²) in [5.41, 5.74) is 2.25. The number of carbonyl (C=O) groups excluding carboxylic acids is 1. The maximum atomic E-state index is 12.5. The number of aryl methyl sites for hydroxylation is 1. The quantitative estimate of drug-likeness (QED) is 0.450. The van der Waals surface area contributed by atoms with Crippen molar-refractivity contribution in [1.29, 1.82) is 0 Å². The summed E-state index contributed by atoms with van der Waals surface area (Å²) in [6.45, 7) is 3.99. The van der Waals surface area contributed by atoms with Crippen molar-refractivity contribution in [2.24, 2.45) is 0 Å². The van der Waals surface area contributed by atoms with Gasteiger partial charge in [0, 0.05) is 16.4 Å². The summed E-state index contributed by atoms with van der Waals surface area (Å²) in [7, 11) is 0. The molecule has 134 valence electrons. The third kappa shape index (κ3) is 5.87. The first-order valence-electron chi connectivity index (χ1n) is 7.95. The van der Waals surface area contributed by atoms with Crippen molar-refractivity contribution in [3.05, 3.63) is 58.3 Å². The summed E-state index contributed by atoms with van der Waals surface area (Å²) in [5.74, 6) is -0.348. The third-order valence-corrected chi connectivity index (χ3v) is 4.89. The number of rotatable bonds is 7. The van der Waals surface area contributed by atoms with E-state index in [1.807, 2.05) is 38.1 Å². The van der Waals surface area contributed by atoms with Crippen LogP contribution < -0.4 is 10.6 Å². The molecular formula is C18H20BrCl2N3O. The minimum absolute atomic E-state index is 0.291. The highest BCUT2D eigenvalue weighted by atomic mass is 79.9. The molecule has 4 nitrogen and oxygen atoms in total. The maximum absolute atomic E-state index is 12.5. The summed E-state index contributed by atoms with van der Waals surface area (Å²) < 4.78 is -0.363. The molecule has 0 spiro atoms. The monoisotopic (exact) mass is 443 g/mol. The Labute approximate surface area is 166 Å². The van der Waals surface area contributed by atoms with Crippen LogP contribution in [0.1, 0.15) is 35.8 Å². The molecule has 0 bridgehead atoms. The fourth-order valence-corrected chi connectivity index (χ4v) is 3.09. The SMILES string of the molecule is CCCC(Cl)(Cl)C(NC(=O)c1ccc(Br)cn1)Nc1ccc(C)cc1. The second kappa shape index (κ2) is 8.88. The van der Waals surface area contributed by atoms with Crippen LogP contribution in [0.2, 0.25) is 0 Å². The molecular weight excluding hydrogens is 425 g/mol. The lowest BCUT2D eigenvalue weighted by molar-refractivity contribution is 0.0932. The fraction of sp³-hybridized carbons (Fsp3) is 0.333. The summed E-state index contributed by atoms with van der Waals surface area (Å²) in [4.78, 5) is 16.6. The molecule has 1 aromatic carbocycles. The molecule has 2 aromatic rings. The van der Waals surface area contributed by atoms with Gasteiger partial charge in [0.2, 0.25) is 0 Å². The van der Waals surface area contributed by atoms with Crippen LogP contribution in [0.3, 0.4) is 0 Å². The van der Waals surface area contributed by atoms with E-state index in [4.69, 9.17) is 23.2 Å². The van der Waals surface area contributed by atoms with Crippen molar-refractivity contribution in [3.63, 3.8) is 0 Å². The smallest absolute Gasteiger partial charge is 0.271 e. The Morgan fingerprint density at radius 2 is 1.92 bits per heavy atom. The predicted molar refractivity (Wildman–Crippen MR) is 107 cm³/mol. The topological polar surface area (TPSA) is 54.0 Å². The number of hydrogen-bond acceptors (Lipinski definition) is 3. The van der Waals surface area contributed by atoms with Gasteiger partial charge in [-0.2, -0.15) is 0 Å². The van der Waals surface area contributed by atoms with Gasteiger partial charge in [-0.3, -0.25) is 4.79 Å². The number of nitrogens with one attached hydrogen (secondary N) is 2. The zero-order chi connectivity index (χ0) is 18.4. The van der Waals surface area contributed by atoms with E-state index >= 15 is 0 Å². The van der Waals surface area contributed by atoms with E-state index in [1.54, 1.807) is 18.3 Å². The number of pyridine rings is 1. The van der Waals surface area contributed by atoms with E-state index in [-0.39, 0.29) is 5.91 Å². The average Bonchev–Trinajstić information content (AvgIpc) is 2.56. The molecule has 1 unspecified atom stereocenters. The molecule has 1 amide bonds. The second-order valence-corrected chi connectivity index (χ2v) is 8.25. The largest absolute Gasteiger partial charge is 0.363 e. The van der Waals surface area contributed by atoms with Crippen molar-refractivity contribution in [3.8, 4) is 0 Å². The standard InChI is InChI=1S/C18H20BrCl2N3O/c1-3-10-18(20,21)17(23-14-7-4-12(2)5-8-14)24-16(25)15-9-6-13(19)11-22-15/h4-9,11,17,23H,3,10H2,1-2H3,(H,24,25). The Morgan fingerprint density at radius 3 is 2.48 bits per heavy atom. The molecule has 0 saturated heterocycles. The minimum Gasteiger partial charge on any atom is -0.363 e. The van der Waals surface area contributed by atoms with Crippen molar-refractivity contribution in [2.45, 2.75) is 37.2 Å². The third-order valence-electron chi connectivity index (χ3n) is 3.60. The van der Waals surface area contributed by atoms with Gasteiger partial charge in [0.1, 0.15) is 11.9 Å². The van der Waals surface area contributed by atoms with Gasteiger partial charge in [0.15, 0.2) is 4.33 Å². The fourth-order valence-electron chi connectivity index (χ4n) is 2.26. The zero-order valence-electron chi connectivity index (χ0n) is 14.0. The summed E-state index contributed by atoms with van der Waals surface area (Å²) >= 11 is 16.3. The van der Waals surface area contributed by atoms with Crippen LogP contribution in [0.15, 0.2) is 47.1 Å². The van der Waals surface area contributed by atoms with Gasteiger partial charge in [-0.1, -0.05) is 54.2 Å². The number of halogens is 3. The molecule has 0 aliphatic carbocycles. The van der Waals surface area contributed by atoms with Crippen molar-refractivity contribution in [1.82, 2.24) is 10.3 Å². The molecule has 7 heteroatoms. The zero-order valence-corrected chi connectivity index (χ0v) is 17.1. The van der Waals surface area contributed by atoms with Gasteiger partial charge >= 0.3 is 0 Å². The first-order chi connectivity index (χ1) is 11.8. The first kappa shape index (κ1) is 20.0. The van der Waals surface area contributed by atoms with Crippen molar-refractivity contribution >= 4 is 50.7 Å². The lowest BCUT2D eigenvalue weighted by atomic mass is 10.1. The molecule has 0 radical (unpaired) electrons. The van der Waals surface area contributed by atoms with E-state index in [1.165, 1.54) is 0 Å². The van der Waals surface area contributed by atoms with E-state index in [2.05, 4.69) is 31.5 Å². The second-order valence-electron chi connectivity index (χ2n) is 5.79. The molecule has 25 heavy (non-hydrogen) atoms. The van der Waals surface area contributed by atoms with Crippen LogP contribution in [-0.4, -0.2) is 21.4 Å². The molecule has 0 aliphatic heterocycles. The van der Waals surface area contributed by atoms with Gasteiger partial charge in [0.05, 0.1) is 0 Å². The highest BCUT2D eigenvalue weighted by molar-refractivity contribution is 9.10. The molecule has 0 aliphatic rings. The Morgan fingerprint density at radius 1 is 1.24 bits per heavy atom. The molecule has 0 saturated carbocycles. The lowest BCUT2D eigenvalue weighted by Crippen LogP contribution is -2.51. The van der Waals surface area contributed by atoms with Gasteiger partial charge in [-0.15, -0.1) is 0 Å². The van der Waals surface area contributed by atoms with E-state index in [0.29, 0.717) is 12.1 Å². The van der Waals surface area contributed by atoms with Crippen LogP contribution in [-0.2, 0) is 0 Å². The summed E-state index contributed by atoms with van der Waals surface area (Å²) in [5, 5.41) is 6.06. The Kier molecular flexibility index (Phi) is 7.11. The first-order valence-corrected chi connectivity index (χ1v) is 9.50. The van der Waals surface area contributed by atoms with Crippen LogP contribution >= 0.6 is 39.1 Å². The molecule has 0 fully saturated rings. The van der Waals surface area contributed by atoms with E-state index in [9.17, 15) is 4.79 Å². The van der Waals surface area contributed by atoms with Crippen LogP contribution in [0.25, 0.3) is 0 Å². The molecule has 1 heterocycles. The highest BCUT2D eigenvalue weighted by Gasteiger charge is 2.35. The number of benzene rings is 1. The number of nitrogens with zero attached hydrogens (tertiary/aromatic N) is 1. The van der Waals surface area contributed by atoms with Crippen LogP contribution in [0, 0.1) is 6.92 Å². The average molecular weight is 445 g/mol. The lowest BCUT2D eigenvalue weighted by Gasteiger charge is -2.32. The normalized spacial score (nSPS) is 12.5. The predicted octanol–water partition coefficient (Wildman–Crippen LogP) is 5.29. The van der Waals surface area contributed by atoms with Crippen molar-refractivity contribution < 1.29 is 4.79 Å². The molecule has 2 rings (SSSR count). The number of carbonyl (C=O) groups is 1. The van der Waals surface area contributed by atoms with Gasteiger partial charge in [0.25, 0.3) is 5.91 Å². The van der Waals surface area contributed by atoms with Gasteiger partial charge in [-0.25, -0.2) is 4.98 Å². The number of aromatic nitrogens is 1. The Hall–Kier alpha value is -1.30. The van der Waals surface area contributed by atoms with Gasteiger partial charge in [-0.05, 0) is 53.5 Å². The van der Waals surface area contributed by atoms with E-state index < -0.39 is 10.5 Å². The number of anilines is 1. The van der Waals surface area contributed by atoms with Crippen molar-refractivity contribution in [2.75, 3.05) is 5.32 Å². The maximum Gasteiger partial charge on any atom is 0.271 e. The van der Waals surface area contributed by atoms with Crippen LogP contribution in [0.5, 0.6) is 0 Å². The number of amides is 1. The number of alkyl halides is 2. The minimum atomic E-state index is -1.16. The van der Waals surface area contributed by atoms with Crippen LogP contribution in [0.4, 0.5) is 5.69 Å². The highest BCUT2D eigenvalue weighted by Crippen LogP contribution is 2.32. The Balaban J connectivity index is 2.20. The summed E-state index contributed by atoms with van der Waals surface area (Å²) in [6, 6.07) is 11.2. The Bertz CT molecular complexity index is 705. The molecule has 1 atom stereocenters. The summed E-state index contributed by atoms with van der Waals surface area (Å²) in [6.07, 6.45) is 2.20. The van der Waals surface area contributed by atoms with E-state index in [0.717, 1.165) is 22.1 Å². The molecule has 2 N–H and O–H groups in total. The number of hydrogen-bond donors (Lipinski definition) is 2. The van der Waals surface area contributed by atoms with Gasteiger partial charge < -0.3 is 10.6 Å². The molecule has 1 aromatic heterocycles.